The molecule has 0 saturated carbocycles. The Morgan fingerprint density at radius 1 is 1.17 bits per heavy atom. The summed E-state index contributed by atoms with van der Waals surface area (Å²) in [5.41, 5.74) is 1.59. The van der Waals surface area contributed by atoms with Gasteiger partial charge in [0.1, 0.15) is 0 Å². The molecule has 1 aromatic carbocycles. The summed E-state index contributed by atoms with van der Waals surface area (Å²) < 4.78 is 22.8. The molecule has 0 radical (unpaired) electrons. The Hall–Kier alpha value is -1.89. The van der Waals surface area contributed by atoms with E-state index in [0.717, 1.165) is 5.56 Å². The van der Waals surface area contributed by atoms with Crippen LogP contribution >= 0.6 is 0 Å². The summed E-state index contributed by atoms with van der Waals surface area (Å²) in [7, 11) is -2.91. The first kappa shape index (κ1) is 17.5. The molecule has 126 valence electrons. The Morgan fingerprint density at radius 3 is 2.43 bits per heavy atom. The molecule has 1 saturated heterocycles. The number of carbonyl (C=O) groups is 2. The topological polar surface area (TPSA) is 92.3 Å². The summed E-state index contributed by atoms with van der Waals surface area (Å²) in [5.74, 6) is 0.143. The van der Waals surface area contributed by atoms with Gasteiger partial charge in [0, 0.05) is 25.6 Å². The van der Waals surface area contributed by atoms with E-state index in [-0.39, 0.29) is 29.2 Å². The van der Waals surface area contributed by atoms with Gasteiger partial charge >= 0.3 is 0 Å². The third-order valence-corrected chi connectivity index (χ3v) is 5.72. The van der Waals surface area contributed by atoms with Gasteiger partial charge in [0.15, 0.2) is 9.84 Å². The Balaban J connectivity index is 1.79. The van der Waals surface area contributed by atoms with E-state index in [1.165, 1.54) is 6.92 Å². The zero-order chi connectivity index (χ0) is 16.9. The van der Waals surface area contributed by atoms with Gasteiger partial charge in [0.25, 0.3) is 5.91 Å². The molecule has 2 rings (SSSR count). The van der Waals surface area contributed by atoms with E-state index in [0.29, 0.717) is 31.5 Å². The third-order valence-electron chi connectivity index (χ3n) is 3.88. The van der Waals surface area contributed by atoms with E-state index < -0.39 is 9.84 Å². The number of carbonyl (C=O) groups excluding carboxylic acids is 2. The van der Waals surface area contributed by atoms with E-state index in [9.17, 15) is 18.0 Å². The van der Waals surface area contributed by atoms with Gasteiger partial charge in [-0.1, -0.05) is 12.1 Å². The van der Waals surface area contributed by atoms with Gasteiger partial charge in [-0.05, 0) is 36.5 Å². The zero-order valence-electron chi connectivity index (χ0n) is 13.2. The number of nitrogens with one attached hydrogen (secondary N) is 2. The number of benzene rings is 1. The lowest BCUT2D eigenvalue weighted by Gasteiger charge is -2.10. The van der Waals surface area contributed by atoms with Gasteiger partial charge in [-0.25, -0.2) is 8.42 Å². The van der Waals surface area contributed by atoms with Crippen molar-refractivity contribution in [3.05, 3.63) is 35.4 Å². The lowest BCUT2D eigenvalue weighted by molar-refractivity contribution is -0.118. The standard InChI is InChI=1S/C16H22N2O4S/c1-12(19)17-8-6-13-2-4-15(5-3-13)16(20)18-10-14-7-9-23(21,22)11-14/h2-5,14H,6-11H2,1H3,(H,17,19)(H,18,20)/t14-/m0/s1. The van der Waals surface area contributed by atoms with Crippen molar-refractivity contribution in [1.29, 1.82) is 0 Å². The Morgan fingerprint density at radius 2 is 1.87 bits per heavy atom. The van der Waals surface area contributed by atoms with E-state index in [1.807, 2.05) is 12.1 Å². The van der Waals surface area contributed by atoms with Crippen molar-refractivity contribution in [3.63, 3.8) is 0 Å². The summed E-state index contributed by atoms with van der Waals surface area (Å²) >= 11 is 0. The highest BCUT2D eigenvalue weighted by Gasteiger charge is 2.27. The SMILES string of the molecule is CC(=O)NCCc1ccc(C(=O)NC[C@@H]2CCS(=O)(=O)C2)cc1. The fraction of sp³-hybridized carbons (Fsp3) is 0.500. The number of amides is 2. The van der Waals surface area contributed by atoms with Gasteiger partial charge in [0.05, 0.1) is 11.5 Å². The number of rotatable bonds is 6. The van der Waals surface area contributed by atoms with Crippen molar-refractivity contribution in [2.45, 2.75) is 19.8 Å². The molecule has 23 heavy (non-hydrogen) atoms. The van der Waals surface area contributed by atoms with Crippen LogP contribution in [-0.2, 0) is 21.1 Å². The summed E-state index contributed by atoms with van der Waals surface area (Å²) in [5, 5.41) is 5.52. The van der Waals surface area contributed by atoms with Gasteiger partial charge < -0.3 is 10.6 Å². The fourth-order valence-electron chi connectivity index (χ4n) is 2.58. The van der Waals surface area contributed by atoms with Crippen LogP contribution in [0.5, 0.6) is 0 Å². The van der Waals surface area contributed by atoms with Crippen LogP contribution in [0.25, 0.3) is 0 Å². The lowest BCUT2D eigenvalue weighted by atomic mass is 10.1. The van der Waals surface area contributed by atoms with Gasteiger partial charge in [0.2, 0.25) is 5.91 Å². The van der Waals surface area contributed by atoms with E-state index in [4.69, 9.17) is 0 Å². The van der Waals surface area contributed by atoms with Gasteiger partial charge in [-0.3, -0.25) is 9.59 Å². The first-order valence-electron chi connectivity index (χ1n) is 7.68. The molecule has 1 aliphatic heterocycles. The molecular weight excluding hydrogens is 316 g/mol. The quantitative estimate of drug-likeness (QED) is 0.791. The van der Waals surface area contributed by atoms with E-state index in [1.54, 1.807) is 12.1 Å². The van der Waals surface area contributed by atoms with Crippen molar-refractivity contribution in [2.24, 2.45) is 5.92 Å². The third kappa shape index (κ3) is 5.67. The highest BCUT2D eigenvalue weighted by atomic mass is 32.2. The molecule has 0 aliphatic carbocycles. The Labute approximate surface area is 136 Å². The molecule has 1 heterocycles. The first-order valence-corrected chi connectivity index (χ1v) is 9.50. The highest BCUT2D eigenvalue weighted by molar-refractivity contribution is 7.91. The van der Waals surface area contributed by atoms with Crippen LogP contribution in [0.15, 0.2) is 24.3 Å². The Bertz CT molecular complexity index is 668. The molecule has 0 aromatic heterocycles. The maximum absolute atomic E-state index is 12.1. The molecule has 1 aliphatic rings. The van der Waals surface area contributed by atoms with Crippen molar-refractivity contribution >= 4 is 21.7 Å². The summed E-state index contributed by atoms with van der Waals surface area (Å²) in [6, 6.07) is 7.20. The molecule has 0 bridgehead atoms. The Kier molecular flexibility index (Phi) is 5.76. The van der Waals surface area contributed by atoms with Gasteiger partial charge in [-0.2, -0.15) is 0 Å². The molecule has 1 aromatic rings. The van der Waals surface area contributed by atoms with Crippen LogP contribution in [0, 0.1) is 5.92 Å². The molecule has 2 N–H and O–H groups in total. The predicted octanol–water partition coefficient (Wildman–Crippen LogP) is 0.530. The van der Waals surface area contributed by atoms with Crippen LogP contribution in [0.1, 0.15) is 29.3 Å². The van der Waals surface area contributed by atoms with Crippen LogP contribution in [0.2, 0.25) is 0 Å². The second kappa shape index (κ2) is 7.59. The minimum absolute atomic E-state index is 0.0147. The number of hydrogen-bond acceptors (Lipinski definition) is 4. The average molecular weight is 338 g/mol. The second-order valence-corrected chi connectivity index (χ2v) is 8.14. The van der Waals surface area contributed by atoms with Crippen molar-refractivity contribution in [1.82, 2.24) is 10.6 Å². The molecule has 0 unspecified atom stereocenters. The predicted molar refractivity (Wildman–Crippen MR) is 87.9 cm³/mol. The van der Waals surface area contributed by atoms with Crippen LogP contribution in [-0.4, -0.2) is 44.8 Å². The van der Waals surface area contributed by atoms with E-state index >= 15 is 0 Å². The number of hydrogen-bond donors (Lipinski definition) is 2. The maximum Gasteiger partial charge on any atom is 0.251 e. The fourth-order valence-corrected chi connectivity index (χ4v) is 4.44. The van der Waals surface area contributed by atoms with E-state index in [2.05, 4.69) is 10.6 Å². The molecule has 7 heteroatoms. The monoisotopic (exact) mass is 338 g/mol. The van der Waals surface area contributed by atoms with Crippen molar-refractivity contribution in [2.75, 3.05) is 24.6 Å². The molecule has 1 fully saturated rings. The van der Waals surface area contributed by atoms with Crippen LogP contribution in [0.4, 0.5) is 0 Å². The lowest BCUT2D eigenvalue weighted by Crippen LogP contribution is -2.29. The maximum atomic E-state index is 12.1. The molecule has 0 spiro atoms. The zero-order valence-corrected chi connectivity index (χ0v) is 14.0. The minimum atomic E-state index is -2.91. The highest BCUT2D eigenvalue weighted by Crippen LogP contribution is 2.17. The molecular formula is C16H22N2O4S. The average Bonchev–Trinajstić information content (AvgIpc) is 2.84. The van der Waals surface area contributed by atoms with Crippen LogP contribution < -0.4 is 10.6 Å². The second-order valence-electron chi connectivity index (χ2n) is 5.91. The summed E-state index contributed by atoms with van der Waals surface area (Å²) in [6.07, 6.45) is 1.33. The summed E-state index contributed by atoms with van der Waals surface area (Å²) in [6.45, 7) is 2.43. The normalized spacial score (nSPS) is 19.3. The first-order chi connectivity index (χ1) is 10.9. The summed E-state index contributed by atoms with van der Waals surface area (Å²) in [4.78, 5) is 22.9. The molecule has 2 amide bonds. The molecule has 1 atom stereocenters. The van der Waals surface area contributed by atoms with Crippen LogP contribution in [0.3, 0.4) is 0 Å². The van der Waals surface area contributed by atoms with Crippen molar-refractivity contribution in [3.8, 4) is 0 Å². The largest absolute Gasteiger partial charge is 0.356 e. The smallest absolute Gasteiger partial charge is 0.251 e. The van der Waals surface area contributed by atoms with Crippen molar-refractivity contribution < 1.29 is 18.0 Å². The number of sulfone groups is 1. The molecule has 6 nitrogen and oxygen atoms in total. The minimum Gasteiger partial charge on any atom is -0.356 e. The van der Waals surface area contributed by atoms with Gasteiger partial charge in [-0.15, -0.1) is 0 Å².